The van der Waals surface area contributed by atoms with E-state index in [9.17, 15) is 0 Å². The molecule has 1 heterocycles. The van der Waals surface area contributed by atoms with Crippen molar-refractivity contribution in [2.75, 3.05) is 6.54 Å². The maximum atomic E-state index is 4.01. The van der Waals surface area contributed by atoms with Crippen LogP contribution in [-0.2, 0) is 7.05 Å². The monoisotopic (exact) mass is 208 g/mol. The minimum Gasteiger partial charge on any atom is -0.309 e. The summed E-state index contributed by atoms with van der Waals surface area (Å²) in [6.45, 7) is 5.47. The molecular formula is C11H20N4. The summed E-state index contributed by atoms with van der Waals surface area (Å²) in [5.74, 6) is 1.58. The fourth-order valence-electron chi connectivity index (χ4n) is 2.25. The van der Waals surface area contributed by atoms with Crippen LogP contribution in [0.5, 0.6) is 0 Å². The molecule has 2 unspecified atom stereocenters. The standard InChI is InChI=1S/C11H20N4/c1-4-12-11(8(2)9-5-6-9)10-7-13-14-15(10)3/h7-9,11-12H,4-6H2,1-3H3. The van der Waals surface area contributed by atoms with Crippen molar-refractivity contribution >= 4 is 0 Å². The van der Waals surface area contributed by atoms with Gasteiger partial charge in [0.15, 0.2) is 0 Å². The van der Waals surface area contributed by atoms with Crippen LogP contribution in [0.2, 0.25) is 0 Å². The van der Waals surface area contributed by atoms with Crippen molar-refractivity contribution < 1.29 is 0 Å². The lowest BCUT2D eigenvalue weighted by Crippen LogP contribution is -2.29. The number of aromatic nitrogens is 3. The number of nitrogens with one attached hydrogen (secondary N) is 1. The molecule has 2 rings (SSSR count). The summed E-state index contributed by atoms with van der Waals surface area (Å²) in [6, 6.07) is 0.405. The van der Waals surface area contributed by atoms with Crippen molar-refractivity contribution in [1.82, 2.24) is 20.3 Å². The van der Waals surface area contributed by atoms with Gasteiger partial charge < -0.3 is 5.32 Å². The van der Waals surface area contributed by atoms with Crippen LogP contribution in [-0.4, -0.2) is 21.5 Å². The summed E-state index contributed by atoms with van der Waals surface area (Å²) in [6.07, 6.45) is 4.65. The quantitative estimate of drug-likeness (QED) is 0.797. The van der Waals surface area contributed by atoms with Gasteiger partial charge in [0.05, 0.1) is 17.9 Å². The molecular weight excluding hydrogens is 188 g/mol. The molecule has 84 valence electrons. The molecule has 0 aliphatic heterocycles. The van der Waals surface area contributed by atoms with Crippen molar-refractivity contribution in [2.24, 2.45) is 18.9 Å². The zero-order valence-electron chi connectivity index (χ0n) is 9.77. The molecule has 1 aromatic rings. The molecule has 0 bridgehead atoms. The van der Waals surface area contributed by atoms with Gasteiger partial charge in [0.25, 0.3) is 0 Å². The number of hydrogen-bond donors (Lipinski definition) is 1. The minimum atomic E-state index is 0.405. The van der Waals surface area contributed by atoms with E-state index in [2.05, 4.69) is 29.5 Å². The smallest absolute Gasteiger partial charge is 0.0756 e. The van der Waals surface area contributed by atoms with Crippen molar-refractivity contribution in [3.8, 4) is 0 Å². The van der Waals surface area contributed by atoms with E-state index in [1.807, 2.05) is 17.9 Å². The predicted molar refractivity (Wildman–Crippen MR) is 59.3 cm³/mol. The largest absolute Gasteiger partial charge is 0.309 e. The zero-order valence-corrected chi connectivity index (χ0v) is 9.77. The first-order valence-electron chi connectivity index (χ1n) is 5.82. The summed E-state index contributed by atoms with van der Waals surface area (Å²) in [5.41, 5.74) is 1.20. The van der Waals surface area contributed by atoms with Gasteiger partial charge in [-0.15, -0.1) is 5.10 Å². The maximum absolute atomic E-state index is 4.01. The van der Waals surface area contributed by atoms with Gasteiger partial charge in [-0.1, -0.05) is 19.1 Å². The predicted octanol–water partition coefficient (Wildman–Crippen LogP) is 1.51. The Labute approximate surface area is 91.1 Å². The molecule has 0 radical (unpaired) electrons. The summed E-state index contributed by atoms with van der Waals surface area (Å²) in [7, 11) is 1.96. The summed E-state index contributed by atoms with van der Waals surface area (Å²) in [4.78, 5) is 0. The van der Waals surface area contributed by atoms with Crippen LogP contribution in [0.1, 0.15) is 38.4 Å². The van der Waals surface area contributed by atoms with Gasteiger partial charge in [-0.25, -0.2) is 0 Å². The third-order valence-electron chi connectivity index (χ3n) is 3.38. The molecule has 2 atom stereocenters. The zero-order chi connectivity index (χ0) is 10.8. The second kappa shape index (κ2) is 4.31. The third-order valence-corrected chi connectivity index (χ3v) is 3.38. The second-order valence-electron chi connectivity index (χ2n) is 4.51. The maximum Gasteiger partial charge on any atom is 0.0756 e. The van der Waals surface area contributed by atoms with Crippen LogP contribution >= 0.6 is 0 Å². The van der Waals surface area contributed by atoms with E-state index in [1.165, 1.54) is 18.5 Å². The molecule has 0 aromatic carbocycles. The number of nitrogens with zero attached hydrogens (tertiary/aromatic N) is 3. The lowest BCUT2D eigenvalue weighted by Gasteiger charge is -2.24. The first-order chi connectivity index (χ1) is 7.24. The summed E-state index contributed by atoms with van der Waals surface area (Å²) < 4.78 is 1.88. The fraction of sp³-hybridized carbons (Fsp3) is 0.818. The topological polar surface area (TPSA) is 42.7 Å². The van der Waals surface area contributed by atoms with Gasteiger partial charge in [0, 0.05) is 7.05 Å². The molecule has 1 saturated carbocycles. The third kappa shape index (κ3) is 2.20. The molecule has 0 amide bonds. The summed E-state index contributed by atoms with van der Waals surface area (Å²) in [5, 5.41) is 11.5. The van der Waals surface area contributed by atoms with E-state index in [-0.39, 0.29) is 0 Å². The number of hydrogen-bond acceptors (Lipinski definition) is 3. The average molecular weight is 208 g/mol. The van der Waals surface area contributed by atoms with Crippen LogP contribution in [0.3, 0.4) is 0 Å². The highest BCUT2D eigenvalue weighted by atomic mass is 15.4. The number of rotatable bonds is 5. The Morgan fingerprint density at radius 3 is 2.80 bits per heavy atom. The fourth-order valence-corrected chi connectivity index (χ4v) is 2.25. The molecule has 15 heavy (non-hydrogen) atoms. The molecule has 4 nitrogen and oxygen atoms in total. The van der Waals surface area contributed by atoms with Crippen LogP contribution in [0.15, 0.2) is 6.20 Å². The van der Waals surface area contributed by atoms with Crippen molar-refractivity contribution in [3.63, 3.8) is 0 Å². The van der Waals surface area contributed by atoms with Gasteiger partial charge in [0.1, 0.15) is 0 Å². The average Bonchev–Trinajstić information content (AvgIpc) is 2.98. The Hall–Kier alpha value is -0.900. The van der Waals surface area contributed by atoms with Crippen molar-refractivity contribution in [3.05, 3.63) is 11.9 Å². The highest BCUT2D eigenvalue weighted by molar-refractivity contribution is 5.05. The molecule has 1 N–H and O–H groups in total. The van der Waals surface area contributed by atoms with Crippen LogP contribution in [0.25, 0.3) is 0 Å². The van der Waals surface area contributed by atoms with Crippen LogP contribution in [0, 0.1) is 11.8 Å². The van der Waals surface area contributed by atoms with Crippen LogP contribution in [0.4, 0.5) is 0 Å². The van der Waals surface area contributed by atoms with E-state index < -0.39 is 0 Å². The van der Waals surface area contributed by atoms with Gasteiger partial charge in [-0.2, -0.15) is 0 Å². The molecule has 1 aromatic heterocycles. The molecule has 1 aliphatic carbocycles. The molecule has 1 aliphatic rings. The van der Waals surface area contributed by atoms with Gasteiger partial charge >= 0.3 is 0 Å². The van der Waals surface area contributed by atoms with E-state index in [1.54, 1.807) is 0 Å². The Balaban J connectivity index is 2.14. The van der Waals surface area contributed by atoms with Crippen molar-refractivity contribution in [1.29, 1.82) is 0 Å². The molecule has 0 spiro atoms. The minimum absolute atomic E-state index is 0.405. The van der Waals surface area contributed by atoms with E-state index in [4.69, 9.17) is 0 Å². The van der Waals surface area contributed by atoms with E-state index in [0.717, 1.165) is 12.5 Å². The SMILES string of the molecule is CCNC(c1cnnn1C)C(C)C1CC1. The summed E-state index contributed by atoms with van der Waals surface area (Å²) >= 11 is 0. The second-order valence-corrected chi connectivity index (χ2v) is 4.51. The Bertz CT molecular complexity index is 316. The number of aryl methyl sites for hydroxylation is 1. The van der Waals surface area contributed by atoms with E-state index in [0.29, 0.717) is 12.0 Å². The van der Waals surface area contributed by atoms with Gasteiger partial charge in [-0.05, 0) is 31.2 Å². The van der Waals surface area contributed by atoms with Gasteiger partial charge in [0.2, 0.25) is 0 Å². The highest BCUT2D eigenvalue weighted by Gasteiger charge is 2.34. The van der Waals surface area contributed by atoms with Crippen LogP contribution < -0.4 is 5.32 Å². The Morgan fingerprint density at radius 1 is 1.60 bits per heavy atom. The van der Waals surface area contributed by atoms with Gasteiger partial charge in [-0.3, -0.25) is 4.68 Å². The van der Waals surface area contributed by atoms with E-state index >= 15 is 0 Å². The molecule has 4 heteroatoms. The molecule has 1 fully saturated rings. The Morgan fingerprint density at radius 2 is 2.33 bits per heavy atom. The lowest BCUT2D eigenvalue weighted by molar-refractivity contribution is 0.339. The van der Waals surface area contributed by atoms with Crippen molar-refractivity contribution in [2.45, 2.75) is 32.7 Å². The first-order valence-corrected chi connectivity index (χ1v) is 5.82. The normalized spacial score (nSPS) is 20.2. The highest BCUT2D eigenvalue weighted by Crippen LogP contribution is 2.42. The lowest BCUT2D eigenvalue weighted by atomic mass is 9.94. The first kappa shape index (κ1) is 10.6. The Kier molecular flexibility index (Phi) is 3.05. The molecule has 0 saturated heterocycles.